The van der Waals surface area contributed by atoms with Gasteiger partial charge in [0.25, 0.3) is 0 Å². The quantitative estimate of drug-likeness (QED) is 0.230. The molecular formula is C20H21F2N5O6S. The molecule has 2 aromatic carbocycles. The highest BCUT2D eigenvalue weighted by molar-refractivity contribution is 7.92. The number of hydrogen-bond acceptors (Lipinski definition) is 9. The molecule has 2 N–H and O–H groups in total. The lowest BCUT2D eigenvalue weighted by Crippen LogP contribution is -2.17. The van der Waals surface area contributed by atoms with E-state index in [1.54, 1.807) is 6.92 Å². The number of benzene rings is 2. The zero-order valence-electron chi connectivity index (χ0n) is 18.2. The van der Waals surface area contributed by atoms with Gasteiger partial charge in [-0.1, -0.05) is 6.92 Å². The number of nitrogens with one attached hydrogen (secondary N) is 2. The summed E-state index contributed by atoms with van der Waals surface area (Å²) in [5, 5.41) is 14.2. The van der Waals surface area contributed by atoms with E-state index in [-0.39, 0.29) is 48.0 Å². The number of aromatic nitrogens is 2. The van der Waals surface area contributed by atoms with Crippen molar-refractivity contribution in [2.75, 3.05) is 36.1 Å². The standard InChI is InChI=1S/C20H21F2N5O6S/c1-3-10-34(30,31)26-13-5-4-12(21)18(17(13)22)24-15-7-6-14-19(20(15)27(28)29)25-16(11-23-14)33-9-8-32-2/h4-7,11,24,26H,3,8-10H2,1-2H3. The normalized spacial score (nSPS) is 11.4. The van der Waals surface area contributed by atoms with Gasteiger partial charge in [0.2, 0.25) is 15.9 Å². The molecule has 1 heterocycles. The first kappa shape index (κ1) is 25.0. The Morgan fingerprint density at radius 3 is 2.56 bits per heavy atom. The number of rotatable bonds is 11. The van der Waals surface area contributed by atoms with E-state index < -0.39 is 43.6 Å². The van der Waals surface area contributed by atoms with E-state index in [0.29, 0.717) is 0 Å². The fourth-order valence-electron chi connectivity index (χ4n) is 3.00. The van der Waals surface area contributed by atoms with Crippen LogP contribution in [0.2, 0.25) is 0 Å². The highest BCUT2D eigenvalue weighted by Gasteiger charge is 2.25. The molecule has 11 nitrogen and oxygen atoms in total. The Bertz CT molecular complexity index is 1320. The van der Waals surface area contributed by atoms with Crippen molar-refractivity contribution in [1.82, 2.24) is 9.97 Å². The molecule has 0 unspecified atom stereocenters. The molecule has 0 fully saturated rings. The zero-order valence-corrected chi connectivity index (χ0v) is 19.0. The van der Waals surface area contributed by atoms with Gasteiger partial charge in [0, 0.05) is 7.11 Å². The van der Waals surface area contributed by atoms with E-state index in [9.17, 15) is 22.9 Å². The van der Waals surface area contributed by atoms with Gasteiger partial charge in [-0.2, -0.15) is 0 Å². The monoisotopic (exact) mass is 497 g/mol. The van der Waals surface area contributed by atoms with Gasteiger partial charge in [-0.25, -0.2) is 27.2 Å². The van der Waals surface area contributed by atoms with Gasteiger partial charge in [0.15, 0.2) is 11.3 Å². The molecule has 0 radical (unpaired) electrons. The average molecular weight is 497 g/mol. The number of fused-ring (bicyclic) bond motifs is 1. The van der Waals surface area contributed by atoms with Crippen LogP contribution in [0.1, 0.15) is 13.3 Å². The molecule has 0 amide bonds. The Morgan fingerprint density at radius 1 is 1.15 bits per heavy atom. The minimum Gasteiger partial charge on any atom is -0.474 e. The van der Waals surface area contributed by atoms with Crippen molar-refractivity contribution in [1.29, 1.82) is 0 Å². The minimum absolute atomic E-state index is 0.00510. The molecular weight excluding hydrogens is 476 g/mol. The van der Waals surface area contributed by atoms with E-state index >= 15 is 4.39 Å². The third kappa shape index (κ3) is 5.63. The predicted molar refractivity (Wildman–Crippen MR) is 121 cm³/mol. The second-order valence-corrected chi connectivity index (χ2v) is 8.81. The molecule has 0 saturated heterocycles. The van der Waals surface area contributed by atoms with Gasteiger partial charge in [-0.15, -0.1) is 0 Å². The average Bonchev–Trinajstić information content (AvgIpc) is 2.78. The molecule has 0 aliphatic carbocycles. The van der Waals surface area contributed by atoms with Crippen molar-refractivity contribution in [3.63, 3.8) is 0 Å². The van der Waals surface area contributed by atoms with Crippen LogP contribution in [0.15, 0.2) is 30.5 Å². The Hall–Kier alpha value is -3.65. The molecule has 34 heavy (non-hydrogen) atoms. The number of sulfonamides is 1. The molecule has 14 heteroatoms. The van der Waals surface area contributed by atoms with Gasteiger partial charge in [-0.05, 0) is 30.7 Å². The summed E-state index contributed by atoms with van der Waals surface area (Å²) in [6.07, 6.45) is 1.56. The largest absolute Gasteiger partial charge is 0.474 e. The summed E-state index contributed by atoms with van der Waals surface area (Å²) in [6.45, 7) is 2.00. The Labute approximate surface area is 193 Å². The Balaban J connectivity index is 2.05. The van der Waals surface area contributed by atoms with E-state index in [2.05, 4.69) is 15.3 Å². The fraction of sp³-hybridized carbons (Fsp3) is 0.300. The van der Waals surface area contributed by atoms with Crippen LogP contribution in [0.4, 0.5) is 31.5 Å². The maximum Gasteiger partial charge on any atom is 0.320 e. The second kappa shape index (κ2) is 10.5. The lowest BCUT2D eigenvalue weighted by molar-refractivity contribution is -0.382. The molecule has 0 spiro atoms. The lowest BCUT2D eigenvalue weighted by Gasteiger charge is -2.14. The fourth-order valence-corrected chi connectivity index (χ4v) is 4.13. The first-order chi connectivity index (χ1) is 16.2. The molecule has 0 bridgehead atoms. The lowest BCUT2D eigenvalue weighted by atomic mass is 10.2. The summed E-state index contributed by atoms with van der Waals surface area (Å²) >= 11 is 0. The van der Waals surface area contributed by atoms with Crippen molar-refractivity contribution in [2.24, 2.45) is 0 Å². The molecule has 3 aromatic rings. The van der Waals surface area contributed by atoms with Crippen molar-refractivity contribution in [2.45, 2.75) is 13.3 Å². The molecule has 0 saturated carbocycles. The smallest absolute Gasteiger partial charge is 0.320 e. The summed E-state index contributed by atoms with van der Waals surface area (Å²) in [6, 6.07) is 4.35. The predicted octanol–water partition coefficient (Wildman–Crippen LogP) is 3.74. The molecule has 0 atom stereocenters. The van der Waals surface area contributed by atoms with Crippen LogP contribution in [-0.2, 0) is 14.8 Å². The molecule has 182 valence electrons. The number of methoxy groups -OCH3 is 1. The third-order valence-corrected chi connectivity index (χ3v) is 5.95. The van der Waals surface area contributed by atoms with Gasteiger partial charge >= 0.3 is 5.69 Å². The molecule has 0 aliphatic heterocycles. The maximum absolute atomic E-state index is 15.0. The van der Waals surface area contributed by atoms with E-state index in [1.165, 1.54) is 25.4 Å². The summed E-state index contributed by atoms with van der Waals surface area (Å²) in [5.41, 5.74) is -2.19. The summed E-state index contributed by atoms with van der Waals surface area (Å²) in [7, 11) is -2.39. The Morgan fingerprint density at radius 2 is 1.88 bits per heavy atom. The summed E-state index contributed by atoms with van der Waals surface area (Å²) in [5.74, 6) is -2.63. The highest BCUT2D eigenvalue weighted by atomic mass is 32.2. The number of halogens is 2. The summed E-state index contributed by atoms with van der Waals surface area (Å²) in [4.78, 5) is 19.2. The zero-order chi connectivity index (χ0) is 24.9. The van der Waals surface area contributed by atoms with Crippen molar-refractivity contribution in [3.05, 3.63) is 52.2 Å². The first-order valence-corrected chi connectivity index (χ1v) is 11.6. The van der Waals surface area contributed by atoms with Crippen LogP contribution < -0.4 is 14.8 Å². The maximum atomic E-state index is 15.0. The van der Waals surface area contributed by atoms with E-state index in [1.807, 2.05) is 4.72 Å². The van der Waals surface area contributed by atoms with Crippen molar-refractivity contribution in [3.8, 4) is 5.88 Å². The van der Waals surface area contributed by atoms with E-state index in [0.717, 1.165) is 12.1 Å². The summed E-state index contributed by atoms with van der Waals surface area (Å²) < 4.78 is 65.8. The topological polar surface area (TPSA) is 146 Å². The Kier molecular flexibility index (Phi) is 7.73. The SMILES string of the molecule is CCCS(=O)(=O)Nc1ccc(F)c(Nc2ccc3ncc(OCCOC)nc3c2[N+](=O)[O-])c1F. The third-order valence-electron chi connectivity index (χ3n) is 4.48. The van der Waals surface area contributed by atoms with Crippen LogP contribution in [0.3, 0.4) is 0 Å². The van der Waals surface area contributed by atoms with Gasteiger partial charge in [-0.3, -0.25) is 14.8 Å². The van der Waals surface area contributed by atoms with Gasteiger partial charge in [0.1, 0.15) is 23.8 Å². The number of hydrogen-bond donors (Lipinski definition) is 2. The number of nitro benzene ring substituents is 1. The van der Waals surface area contributed by atoms with Gasteiger partial charge < -0.3 is 14.8 Å². The van der Waals surface area contributed by atoms with Crippen LogP contribution in [0, 0.1) is 21.7 Å². The second-order valence-electron chi connectivity index (χ2n) is 6.97. The van der Waals surface area contributed by atoms with Crippen LogP contribution in [0.25, 0.3) is 11.0 Å². The van der Waals surface area contributed by atoms with E-state index in [4.69, 9.17) is 9.47 Å². The van der Waals surface area contributed by atoms with Crippen LogP contribution in [0.5, 0.6) is 5.88 Å². The van der Waals surface area contributed by atoms with Gasteiger partial charge in [0.05, 0.1) is 34.7 Å². The van der Waals surface area contributed by atoms with Crippen LogP contribution in [-0.4, -0.2) is 49.4 Å². The molecule has 0 aliphatic rings. The van der Waals surface area contributed by atoms with Crippen molar-refractivity contribution < 1.29 is 31.6 Å². The number of nitrogens with zero attached hydrogens (tertiary/aromatic N) is 3. The molecule has 3 rings (SSSR count). The first-order valence-electron chi connectivity index (χ1n) is 9.98. The highest BCUT2D eigenvalue weighted by Crippen LogP contribution is 2.37. The van der Waals surface area contributed by atoms with Crippen molar-refractivity contribution >= 4 is 43.8 Å². The minimum atomic E-state index is -3.86. The molecule has 1 aromatic heterocycles. The van der Waals surface area contributed by atoms with Crippen LogP contribution >= 0.6 is 0 Å². The number of ether oxygens (including phenoxy) is 2. The number of nitro groups is 1. The number of anilines is 3.